The van der Waals surface area contributed by atoms with Gasteiger partial charge in [-0.1, -0.05) is 0 Å². The predicted octanol–water partition coefficient (Wildman–Crippen LogP) is 2.20. The van der Waals surface area contributed by atoms with Gasteiger partial charge in [-0.3, -0.25) is 0 Å². The fourth-order valence-corrected chi connectivity index (χ4v) is 3.71. The first-order valence-electron chi connectivity index (χ1n) is 6.47. The van der Waals surface area contributed by atoms with E-state index >= 15 is 0 Å². The Morgan fingerprint density at radius 2 is 1.95 bits per heavy atom. The van der Waals surface area contributed by atoms with Gasteiger partial charge in [-0.2, -0.15) is 9.57 Å². The molecule has 1 rings (SSSR count). The number of nitrogens with two attached hydrogens (primary N) is 1. The number of hydrogen-bond donors (Lipinski definition) is 1. The van der Waals surface area contributed by atoms with E-state index < -0.39 is 10.0 Å². The molecule has 20 heavy (non-hydrogen) atoms. The second-order valence-electron chi connectivity index (χ2n) is 5.07. The van der Waals surface area contributed by atoms with Crippen LogP contribution in [0.2, 0.25) is 0 Å². The van der Waals surface area contributed by atoms with E-state index in [2.05, 4.69) is 0 Å². The summed E-state index contributed by atoms with van der Waals surface area (Å²) in [7, 11) is -3.63. The van der Waals surface area contributed by atoms with Crippen molar-refractivity contribution in [3.8, 4) is 6.07 Å². The average Bonchev–Trinajstić information content (AvgIpc) is 2.35. The molecule has 0 heterocycles. The van der Waals surface area contributed by atoms with Crippen molar-refractivity contribution in [3.05, 3.63) is 23.3 Å². The Bertz CT molecular complexity index is 607. The number of nitrogens with zero attached hydrogens (tertiary/aromatic N) is 2. The number of nitrogen functional groups attached to an aromatic ring is 1. The van der Waals surface area contributed by atoms with E-state index in [0.717, 1.165) is 11.1 Å². The van der Waals surface area contributed by atoms with Gasteiger partial charge in [-0.15, -0.1) is 0 Å². The fraction of sp³-hybridized carbons (Fsp3) is 0.500. The second-order valence-corrected chi connectivity index (χ2v) is 6.96. The van der Waals surface area contributed by atoms with Gasteiger partial charge >= 0.3 is 0 Å². The molecule has 0 spiro atoms. The van der Waals surface area contributed by atoms with E-state index in [1.165, 1.54) is 10.4 Å². The van der Waals surface area contributed by atoms with Gasteiger partial charge in [0, 0.05) is 24.7 Å². The number of anilines is 1. The lowest BCUT2D eigenvalue weighted by Gasteiger charge is -2.25. The molecule has 0 aliphatic heterocycles. The largest absolute Gasteiger partial charge is 0.398 e. The third kappa shape index (κ3) is 3.30. The van der Waals surface area contributed by atoms with Crippen molar-refractivity contribution in [1.29, 1.82) is 5.26 Å². The van der Waals surface area contributed by atoms with E-state index in [4.69, 9.17) is 11.0 Å². The summed E-state index contributed by atoms with van der Waals surface area (Å²) in [5.41, 5.74) is 8.05. The third-order valence-corrected chi connectivity index (χ3v) is 5.36. The summed E-state index contributed by atoms with van der Waals surface area (Å²) >= 11 is 0. The molecule has 6 heteroatoms. The van der Waals surface area contributed by atoms with Crippen molar-refractivity contribution < 1.29 is 8.42 Å². The van der Waals surface area contributed by atoms with Gasteiger partial charge in [0.25, 0.3) is 0 Å². The van der Waals surface area contributed by atoms with Crippen LogP contribution in [0.25, 0.3) is 0 Å². The zero-order valence-corrected chi connectivity index (χ0v) is 13.2. The van der Waals surface area contributed by atoms with Crippen molar-refractivity contribution in [2.24, 2.45) is 0 Å². The van der Waals surface area contributed by atoms with Crippen LogP contribution < -0.4 is 5.73 Å². The first-order valence-corrected chi connectivity index (χ1v) is 7.91. The number of nitriles is 1. The van der Waals surface area contributed by atoms with Crippen LogP contribution in [-0.2, 0) is 10.0 Å². The summed E-state index contributed by atoms with van der Waals surface area (Å²) in [6.45, 7) is 7.46. The minimum atomic E-state index is -3.63. The molecule has 0 radical (unpaired) electrons. The van der Waals surface area contributed by atoms with Crippen molar-refractivity contribution in [3.63, 3.8) is 0 Å². The third-order valence-electron chi connectivity index (χ3n) is 3.31. The highest BCUT2D eigenvalue weighted by atomic mass is 32.2. The molecule has 0 aliphatic carbocycles. The summed E-state index contributed by atoms with van der Waals surface area (Å²) < 4.78 is 26.6. The van der Waals surface area contributed by atoms with Crippen molar-refractivity contribution in [2.45, 2.75) is 45.1 Å². The maximum absolute atomic E-state index is 12.7. The molecule has 0 atom stereocenters. The smallest absolute Gasteiger partial charge is 0.243 e. The lowest BCUT2D eigenvalue weighted by Crippen LogP contribution is -2.37. The zero-order valence-electron chi connectivity index (χ0n) is 12.3. The van der Waals surface area contributed by atoms with Gasteiger partial charge in [0.15, 0.2) is 0 Å². The molecular formula is C14H21N3O2S. The monoisotopic (exact) mass is 295 g/mol. The topological polar surface area (TPSA) is 87.2 Å². The summed E-state index contributed by atoms with van der Waals surface area (Å²) in [4.78, 5) is 0.185. The lowest BCUT2D eigenvalue weighted by atomic mass is 10.1. The number of sulfonamides is 1. The highest BCUT2D eigenvalue weighted by molar-refractivity contribution is 7.89. The Labute approximate surface area is 121 Å². The first-order chi connectivity index (χ1) is 9.21. The molecular weight excluding hydrogens is 274 g/mol. The number of hydrogen-bond acceptors (Lipinski definition) is 4. The standard InChI is InChI=1S/C14H21N3O2S/c1-10(2)17(7-5-6-15)20(18,19)13-8-11(3)12(4)14(16)9-13/h8-10H,5,7,16H2,1-4H3. The molecule has 2 N–H and O–H groups in total. The summed E-state index contributed by atoms with van der Waals surface area (Å²) in [6, 6.07) is 4.88. The maximum atomic E-state index is 12.7. The van der Waals surface area contributed by atoms with Crippen LogP contribution in [-0.4, -0.2) is 25.3 Å². The minimum Gasteiger partial charge on any atom is -0.398 e. The quantitative estimate of drug-likeness (QED) is 0.844. The molecule has 110 valence electrons. The zero-order chi connectivity index (χ0) is 15.5. The van der Waals surface area contributed by atoms with Crippen LogP contribution in [0, 0.1) is 25.2 Å². The van der Waals surface area contributed by atoms with E-state index in [1.807, 2.05) is 19.9 Å². The molecule has 0 amide bonds. The van der Waals surface area contributed by atoms with Crippen LogP contribution in [0.3, 0.4) is 0 Å². The fourth-order valence-electron chi connectivity index (χ4n) is 1.95. The van der Waals surface area contributed by atoms with Gasteiger partial charge in [0.1, 0.15) is 0 Å². The van der Waals surface area contributed by atoms with Crippen LogP contribution in [0.1, 0.15) is 31.4 Å². The second kappa shape index (κ2) is 6.25. The van der Waals surface area contributed by atoms with Crippen LogP contribution in [0.5, 0.6) is 0 Å². The average molecular weight is 295 g/mol. The lowest BCUT2D eigenvalue weighted by molar-refractivity contribution is 0.360. The summed E-state index contributed by atoms with van der Waals surface area (Å²) in [5.74, 6) is 0. The van der Waals surface area contributed by atoms with Gasteiger partial charge in [-0.05, 0) is 51.0 Å². The molecule has 0 aromatic heterocycles. The number of aryl methyl sites for hydroxylation is 1. The molecule has 0 fully saturated rings. The molecule has 0 saturated heterocycles. The number of benzene rings is 1. The first kappa shape index (κ1) is 16.5. The van der Waals surface area contributed by atoms with Crippen LogP contribution in [0.15, 0.2) is 17.0 Å². The van der Waals surface area contributed by atoms with Gasteiger partial charge in [-0.25, -0.2) is 8.42 Å². The van der Waals surface area contributed by atoms with E-state index in [1.54, 1.807) is 19.9 Å². The molecule has 1 aromatic rings. The molecule has 1 aromatic carbocycles. The van der Waals surface area contributed by atoms with Gasteiger partial charge < -0.3 is 5.73 Å². The normalized spacial score (nSPS) is 11.8. The summed E-state index contributed by atoms with van der Waals surface area (Å²) in [6.07, 6.45) is 0.164. The Kier molecular flexibility index (Phi) is 5.15. The minimum absolute atomic E-state index is 0.164. The van der Waals surface area contributed by atoms with Crippen molar-refractivity contribution in [2.75, 3.05) is 12.3 Å². The van der Waals surface area contributed by atoms with E-state index in [0.29, 0.717) is 5.69 Å². The molecule has 5 nitrogen and oxygen atoms in total. The van der Waals surface area contributed by atoms with E-state index in [-0.39, 0.29) is 23.9 Å². The highest BCUT2D eigenvalue weighted by Crippen LogP contribution is 2.25. The molecule has 0 unspecified atom stereocenters. The highest BCUT2D eigenvalue weighted by Gasteiger charge is 2.27. The van der Waals surface area contributed by atoms with Gasteiger partial charge in [0.2, 0.25) is 10.0 Å². The Morgan fingerprint density at radius 3 is 2.40 bits per heavy atom. The summed E-state index contributed by atoms with van der Waals surface area (Å²) in [5, 5.41) is 8.67. The van der Waals surface area contributed by atoms with Crippen molar-refractivity contribution >= 4 is 15.7 Å². The van der Waals surface area contributed by atoms with E-state index in [9.17, 15) is 8.42 Å². The predicted molar refractivity (Wildman–Crippen MR) is 79.6 cm³/mol. The Balaban J connectivity index is 3.30. The maximum Gasteiger partial charge on any atom is 0.243 e. The van der Waals surface area contributed by atoms with Gasteiger partial charge in [0.05, 0.1) is 11.0 Å². The van der Waals surface area contributed by atoms with Crippen molar-refractivity contribution in [1.82, 2.24) is 4.31 Å². The Hall–Kier alpha value is -1.58. The van der Waals surface area contributed by atoms with Crippen LogP contribution in [0.4, 0.5) is 5.69 Å². The molecule has 0 aliphatic rings. The number of rotatable bonds is 5. The Morgan fingerprint density at radius 1 is 1.35 bits per heavy atom. The van der Waals surface area contributed by atoms with Crippen LogP contribution >= 0.6 is 0 Å². The SMILES string of the molecule is Cc1cc(S(=O)(=O)N(CCC#N)C(C)C)cc(N)c1C. The molecule has 0 bridgehead atoms. The molecule has 0 saturated carbocycles.